The molecule has 0 aliphatic heterocycles. The zero-order chi connectivity index (χ0) is 19.3. The molecule has 0 aliphatic carbocycles. The molecule has 2 aromatic carbocycles. The van der Waals surface area contributed by atoms with Crippen LogP contribution in [-0.2, 0) is 0 Å². The summed E-state index contributed by atoms with van der Waals surface area (Å²) in [5, 5.41) is 14.0. The standard InChI is InChI=1S/C19H21ClN2O4/c1-12-9-13(2)14(3)18(10-12)26-8-4-7-21-19(23)16-11-15(20)5-6-17(16)22(24)25/h5-6,9-11H,4,7-8H2,1-3H3,(H,21,23). The van der Waals surface area contributed by atoms with Gasteiger partial charge in [-0.3, -0.25) is 14.9 Å². The molecule has 0 aromatic heterocycles. The van der Waals surface area contributed by atoms with Gasteiger partial charge < -0.3 is 10.1 Å². The van der Waals surface area contributed by atoms with Gasteiger partial charge in [0.25, 0.3) is 11.6 Å². The third-order valence-electron chi connectivity index (χ3n) is 4.03. The van der Waals surface area contributed by atoms with Crippen molar-refractivity contribution in [2.24, 2.45) is 0 Å². The lowest BCUT2D eigenvalue weighted by Gasteiger charge is -2.12. The molecule has 26 heavy (non-hydrogen) atoms. The van der Waals surface area contributed by atoms with E-state index < -0.39 is 10.8 Å². The van der Waals surface area contributed by atoms with Crippen molar-refractivity contribution in [3.63, 3.8) is 0 Å². The number of aryl methyl sites for hydroxylation is 2. The number of nitro benzene ring substituents is 1. The predicted molar refractivity (Wildman–Crippen MR) is 101 cm³/mol. The highest BCUT2D eigenvalue weighted by Gasteiger charge is 2.20. The molecule has 1 N–H and O–H groups in total. The largest absolute Gasteiger partial charge is 0.493 e. The number of nitro groups is 1. The van der Waals surface area contributed by atoms with Crippen molar-refractivity contribution in [1.29, 1.82) is 0 Å². The molecule has 1 amide bonds. The smallest absolute Gasteiger partial charge is 0.282 e. The molecule has 2 rings (SSSR count). The van der Waals surface area contributed by atoms with Crippen LogP contribution in [0.3, 0.4) is 0 Å². The van der Waals surface area contributed by atoms with Gasteiger partial charge >= 0.3 is 0 Å². The van der Waals surface area contributed by atoms with Gasteiger partial charge in [-0.1, -0.05) is 17.7 Å². The van der Waals surface area contributed by atoms with E-state index in [-0.39, 0.29) is 16.3 Å². The number of rotatable bonds is 7. The number of nitrogens with zero attached hydrogens (tertiary/aromatic N) is 1. The third kappa shape index (κ3) is 4.95. The molecule has 6 nitrogen and oxygen atoms in total. The number of carbonyl (C=O) groups excluding carboxylic acids is 1. The van der Waals surface area contributed by atoms with Crippen molar-refractivity contribution in [1.82, 2.24) is 5.32 Å². The lowest BCUT2D eigenvalue weighted by atomic mass is 10.1. The highest BCUT2D eigenvalue weighted by Crippen LogP contribution is 2.24. The zero-order valence-electron chi connectivity index (χ0n) is 15.0. The summed E-state index contributed by atoms with van der Waals surface area (Å²) in [6.07, 6.45) is 0.576. The van der Waals surface area contributed by atoms with Crippen LogP contribution >= 0.6 is 11.6 Å². The minimum absolute atomic E-state index is 0.0476. The van der Waals surface area contributed by atoms with E-state index in [0.29, 0.717) is 19.6 Å². The number of carbonyl (C=O) groups is 1. The molecule has 0 saturated carbocycles. The summed E-state index contributed by atoms with van der Waals surface area (Å²) in [6, 6.07) is 7.99. The van der Waals surface area contributed by atoms with Gasteiger partial charge in [0.15, 0.2) is 0 Å². The van der Waals surface area contributed by atoms with Crippen molar-refractivity contribution < 1.29 is 14.5 Å². The van der Waals surface area contributed by atoms with Crippen LogP contribution < -0.4 is 10.1 Å². The average Bonchev–Trinajstić information content (AvgIpc) is 2.58. The molecule has 0 heterocycles. The molecule has 0 unspecified atom stereocenters. The van der Waals surface area contributed by atoms with Gasteiger partial charge in [-0.2, -0.15) is 0 Å². The first-order valence-electron chi connectivity index (χ1n) is 8.22. The first-order chi connectivity index (χ1) is 12.3. The highest BCUT2D eigenvalue weighted by atomic mass is 35.5. The average molecular weight is 377 g/mol. The van der Waals surface area contributed by atoms with Gasteiger partial charge in [0, 0.05) is 17.6 Å². The molecule has 0 radical (unpaired) electrons. The molecule has 0 aliphatic rings. The van der Waals surface area contributed by atoms with Gasteiger partial charge in [0.05, 0.1) is 11.5 Å². The third-order valence-corrected chi connectivity index (χ3v) is 4.26. The van der Waals surface area contributed by atoms with Gasteiger partial charge in [-0.25, -0.2) is 0 Å². The van der Waals surface area contributed by atoms with E-state index >= 15 is 0 Å². The summed E-state index contributed by atoms with van der Waals surface area (Å²) < 4.78 is 5.79. The van der Waals surface area contributed by atoms with E-state index in [1.807, 2.05) is 26.8 Å². The van der Waals surface area contributed by atoms with Crippen molar-refractivity contribution in [2.75, 3.05) is 13.2 Å². The van der Waals surface area contributed by atoms with E-state index in [2.05, 4.69) is 11.4 Å². The Hall–Kier alpha value is -2.60. The van der Waals surface area contributed by atoms with Crippen LogP contribution in [0.2, 0.25) is 5.02 Å². The van der Waals surface area contributed by atoms with E-state index in [0.717, 1.165) is 16.9 Å². The zero-order valence-corrected chi connectivity index (χ0v) is 15.7. The molecule has 0 fully saturated rings. The Morgan fingerprint density at radius 3 is 2.65 bits per heavy atom. The summed E-state index contributed by atoms with van der Waals surface area (Å²) in [7, 11) is 0. The van der Waals surface area contributed by atoms with Crippen LogP contribution in [0.25, 0.3) is 0 Å². The summed E-state index contributed by atoms with van der Waals surface area (Å²) in [6.45, 7) is 6.82. The second-order valence-corrected chi connectivity index (χ2v) is 6.52. The van der Waals surface area contributed by atoms with Gasteiger partial charge in [-0.15, -0.1) is 0 Å². The number of halogens is 1. The second-order valence-electron chi connectivity index (χ2n) is 6.08. The second kappa shape index (κ2) is 8.67. The quantitative estimate of drug-likeness (QED) is 0.442. The first kappa shape index (κ1) is 19.7. The van der Waals surface area contributed by atoms with Crippen LogP contribution in [0, 0.1) is 30.9 Å². The Balaban J connectivity index is 1.88. The Labute approximate surface area is 157 Å². The molecule has 0 saturated heterocycles. The van der Waals surface area contributed by atoms with Crippen LogP contribution in [0.4, 0.5) is 5.69 Å². The Bertz CT molecular complexity index is 837. The number of ether oxygens (including phenoxy) is 1. The molecule has 2 aromatic rings. The van der Waals surface area contributed by atoms with Crippen LogP contribution in [0.1, 0.15) is 33.5 Å². The SMILES string of the molecule is Cc1cc(C)c(C)c(OCCCNC(=O)c2cc(Cl)ccc2[N+](=O)[O-])c1. The lowest BCUT2D eigenvalue weighted by molar-refractivity contribution is -0.385. The fourth-order valence-electron chi connectivity index (χ4n) is 2.55. The maximum Gasteiger partial charge on any atom is 0.282 e. The van der Waals surface area contributed by atoms with Crippen LogP contribution in [-0.4, -0.2) is 24.0 Å². The maximum atomic E-state index is 12.2. The van der Waals surface area contributed by atoms with E-state index in [9.17, 15) is 14.9 Å². The molecule has 0 spiro atoms. The van der Waals surface area contributed by atoms with Crippen LogP contribution in [0.5, 0.6) is 5.75 Å². The maximum absolute atomic E-state index is 12.2. The van der Waals surface area contributed by atoms with Crippen molar-refractivity contribution in [2.45, 2.75) is 27.2 Å². The van der Waals surface area contributed by atoms with E-state index in [1.54, 1.807) is 0 Å². The summed E-state index contributed by atoms with van der Waals surface area (Å²) >= 11 is 5.83. The molecule has 0 bridgehead atoms. The lowest BCUT2D eigenvalue weighted by Crippen LogP contribution is -2.26. The molecule has 7 heteroatoms. The van der Waals surface area contributed by atoms with Crippen molar-refractivity contribution in [3.8, 4) is 5.75 Å². The minimum Gasteiger partial charge on any atom is -0.493 e. The van der Waals surface area contributed by atoms with Crippen LogP contribution in [0.15, 0.2) is 30.3 Å². The molecular weight excluding hydrogens is 356 g/mol. The number of amides is 1. The van der Waals surface area contributed by atoms with Gasteiger partial charge in [0.1, 0.15) is 11.3 Å². The fourth-order valence-corrected chi connectivity index (χ4v) is 2.72. The summed E-state index contributed by atoms with van der Waals surface area (Å²) in [5.74, 6) is 0.307. The molecule has 0 atom stereocenters. The van der Waals surface area contributed by atoms with E-state index in [4.69, 9.17) is 16.3 Å². The fraction of sp³-hybridized carbons (Fsp3) is 0.316. The number of hydrogen-bond acceptors (Lipinski definition) is 4. The number of benzene rings is 2. The normalized spacial score (nSPS) is 10.5. The summed E-state index contributed by atoms with van der Waals surface area (Å²) in [5.41, 5.74) is 3.07. The Morgan fingerprint density at radius 1 is 1.23 bits per heavy atom. The van der Waals surface area contributed by atoms with Gasteiger partial charge in [0.2, 0.25) is 0 Å². The molecular formula is C19H21ClN2O4. The Kier molecular flexibility index (Phi) is 6.58. The minimum atomic E-state index is -0.600. The first-order valence-corrected chi connectivity index (χ1v) is 8.60. The van der Waals surface area contributed by atoms with Crippen molar-refractivity contribution >= 4 is 23.2 Å². The molecule has 138 valence electrons. The summed E-state index contributed by atoms with van der Waals surface area (Å²) in [4.78, 5) is 22.6. The van der Waals surface area contributed by atoms with Gasteiger partial charge in [-0.05, 0) is 62.1 Å². The number of hydrogen-bond donors (Lipinski definition) is 1. The number of nitrogens with one attached hydrogen (secondary N) is 1. The Morgan fingerprint density at radius 2 is 1.96 bits per heavy atom. The van der Waals surface area contributed by atoms with E-state index in [1.165, 1.54) is 23.8 Å². The monoisotopic (exact) mass is 376 g/mol. The predicted octanol–water partition coefficient (Wildman–Crippen LogP) is 4.37. The highest BCUT2D eigenvalue weighted by molar-refractivity contribution is 6.31. The topological polar surface area (TPSA) is 81.5 Å². The van der Waals surface area contributed by atoms with Crippen molar-refractivity contribution in [3.05, 3.63) is 67.7 Å².